The lowest BCUT2D eigenvalue weighted by molar-refractivity contribution is -0.142. The molecule has 1 atom stereocenters. The number of aromatic nitrogens is 1. The Morgan fingerprint density at radius 1 is 1.35 bits per heavy atom. The molecular weight excluding hydrogens is 258 g/mol. The van der Waals surface area contributed by atoms with E-state index in [1.807, 2.05) is 6.07 Å². The Hall–Kier alpha value is -2.63. The first-order valence-electron chi connectivity index (χ1n) is 6.06. The first kappa shape index (κ1) is 13.8. The van der Waals surface area contributed by atoms with Crippen LogP contribution < -0.4 is 11.1 Å². The molecule has 1 aromatic heterocycles. The topological polar surface area (TPSA) is 94.3 Å². The number of anilines is 1. The van der Waals surface area contributed by atoms with Crippen LogP contribution in [-0.4, -0.2) is 30.0 Å². The van der Waals surface area contributed by atoms with Gasteiger partial charge in [-0.25, -0.2) is 4.79 Å². The molecule has 1 aromatic carbocycles. The summed E-state index contributed by atoms with van der Waals surface area (Å²) >= 11 is 0. The maximum Gasteiger partial charge on any atom is 0.328 e. The van der Waals surface area contributed by atoms with Crippen molar-refractivity contribution in [1.82, 2.24) is 10.3 Å². The summed E-state index contributed by atoms with van der Waals surface area (Å²) in [4.78, 5) is 27.6. The number of methoxy groups -OCH3 is 1. The van der Waals surface area contributed by atoms with Gasteiger partial charge in [-0.3, -0.25) is 9.78 Å². The minimum absolute atomic E-state index is 0.191. The molecular formula is C14H15N3O3. The van der Waals surface area contributed by atoms with Crippen LogP contribution in [0.1, 0.15) is 17.4 Å². The van der Waals surface area contributed by atoms with Gasteiger partial charge in [0.15, 0.2) is 0 Å². The predicted molar refractivity (Wildman–Crippen MR) is 75.1 cm³/mol. The predicted octanol–water partition coefficient (Wildman–Crippen LogP) is 1.11. The van der Waals surface area contributed by atoms with Gasteiger partial charge in [0, 0.05) is 17.3 Å². The molecule has 2 rings (SSSR count). The fourth-order valence-corrected chi connectivity index (χ4v) is 1.93. The van der Waals surface area contributed by atoms with Crippen LogP contribution in [0.4, 0.5) is 5.69 Å². The largest absolute Gasteiger partial charge is 0.467 e. The third-order valence-corrected chi connectivity index (χ3v) is 2.94. The standard InChI is InChI=1S/C14H15N3O3/c1-8(14(19)20-2)17-13(18)12-11-9(6-7-16-12)4-3-5-10(11)15/h3-8H,15H2,1-2H3,(H,17,18). The van der Waals surface area contributed by atoms with Crippen LogP contribution in [0.3, 0.4) is 0 Å². The molecule has 0 aliphatic rings. The molecule has 1 unspecified atom stereocenters. The number of carbonyl (C=O) groups is 2. The summed E-state index contributed by atoms with van der Waals surface area (Å²) in [5.74, 6) is -0.988. The number of carbonyl (C=O) groups excluding carboxylic acids is 2. The van der Waals surface area contributed by atoms with Gasteiger partial charge < -0.3 is 15.8 Å². The van der Waals surface area contributed by atoms with Gasteiger partial charge in [0.05, 0.1) is 7.11 Å². The van der Waals surface area contributed by atoms with Crippen LogP contribution in [0, 0.1) is 0 Å². The molecule has 104 valence electrons. The van der Waals surface area contributed by atoms with E-state index < -0.39 is 17.9 Å². The van der Waals surface area contributed by atoms with Crippen molar-refractivity contribution in [1.29, 1.82) is 0 Å². The maximum atomic E-state index is 12.2. The molecule has 0 aliphatic heterocycles. The average Bonchev–Trinajstić information content (AvgIpc) is 2.46. The number of benzene rings is 1. The molecule has 20 heavy (non-hydrogen) atoms. The highest BCUT2D eigenvalue weighted by molar-refractivity contribution is 6.10. The number of rotatable bonds is 3. The highest BCUT2D eigenvalue weighted by Gasteiger charge is 2.20. The third kappa shape index (κ3) is 2.54. The second-order valence-electron chi connectivity index (χ2n) is 4.32. The molecule has 1 heterocycles. The maximum absolute atomic E-state index is 12.2. The minimum atomic E-state index is -0.755. The number of nitrogen functional groups attached to an aromatic ring is 1. The first-order valence-corrected chi connectivity index (χ1v) is 6.06. The van der Waals surface area contributed by atoms with Crippen molar-refractivity contribution in [2.45, 2.75) is 13.0 Å². The van der Waals surface area contributed by atoms with E-state index >= 15 is 0 Å². The molecule has 6 heteroatoms. The lowest BCUT2D eigenvalue weighted by Gasteiger charge is -2.12. The van der Waals surface area contributed by atoms with Crippen LogP contribution >= 0.6 is 0 Å². The second kappa shape index (κ2) is 5.56. The van der Waals surface area contributed by atoms with Crippen molar-refractivity contribution in [2.24, 2.45) is 0 Å². The molecule has 0 radical (unpaired) electrons. The quantitative estimate of drug-likeness (QED) is 0.645. The van der Waals surface area contributed by atoms with Gasteiger partial charge in [0.2, 0.25) is 0 Å². The van der Waals surface area contributed by atoms with Gasteiger partial charge in [-0.05, 0) is 24.4 Å². The fourth-order valence-electron chi connectivity index (χ4n) is 1.93. The number of hydrogen-bond acceptors (Lipinski definition) is 5. The van der Waals surface area contributed by atoms with Crippen LogP contribution in [0.5, 0.6) is 0 Å². The van der Waals surface area contributed by atoms with E-state index in [1.54, 1.807) is 18.2 Å². The number of nitrogens with two attached hydrogens (primary N) is 1. The van der Waals surface area contributed by atoms with Crippen molar-refractivity contribution < 1.29 is 14.3 Å². The fraction of sp³-hybridized carbons (Fsp3) is 0.214. The lowest BCUT2D eigenvalue weighted by atomic mass is 10.1. The van der Waals surface area contributed by atoms with Gasteiger partial charge in [0.1, 0.15) is 11.7 Å². The zero-order valence-corrected chi connectivity index (χ0v) is 11.2. The SMILES string of the molecule is COC(=O)C(C)NC(=O)c1nccc2cccc(N)c12. The van der Waals surface area contributed by atoms with Crippen molar-refractivity contribution in [3.8, 4) is 0 Å². The smallest absolute Gasteiger partial charge is 0.328 e. The molecule has 0 spiro atoms. The second-order valence-corrected chi connectivity index (χ2v) is 4.32. The Morgan fingerprint density at radius 2 is 2.10 bits per heavy atom. The van der Waals surface area contributed by atoms with Crippen molar-refractivity contribution >= 4 is 28.3 Å². The lowest BCUT2D eigenvalue weighted by Crippen LogP contribution is -2.39. The van der Waals surface area contributed by atoms with Crippen LogP contribution in [0.2, 0.25) is 0 Å². The summed E-state index contributed by atoms with van der Waals surface area (Å²) in [5.41, 5.74) is 6.56. The van der Waals surface area contributed by atoms with E-state index in [0.29, 0.717) is 11.1 Å². The van der Waals surface area contributed by atoms with Gasteiger partial charge in [-0.1, -0.05) is 12.1 Å². The summed E-state index contributed by atoms with van der Waals surface area (Å²) in [5, 5.41) is 3.92. The number of amides is 1. The van der Waals surface area contributed by atoms with Crippen LogP contribution in [0.25, 0.3) is 10.8 Å². The summed E-state index contributed by atoms with van der Waals surface area (Å²) in [7, 11) is 1.26. The minimum Gasteiger partial charge on any atom is -0.467 e. The van der Waals surface area contributed by atoms with E-state index in [2.05, 4.69) is 15.0 Å². The van der Waals surface area contributed by atoms with Gasteiger partial charge in [0.25, 0.3) is 5.91 Å². The van der Waals surface area contributed by atoms with E-state index in [4.69, 9.17) is 5.73 Å². The highest BCUT2D eigenvalue weighted by atomic mass is 16.5. The average molecular weight is 273 g/mol. The Balaban J connectivity index is 2.38. The van der Waals surface area contributed by atoms with E-state index in [0.717, 1.165) is 5.39 Å². The summed E-state index contributed by atoms with van der Waals surface area (Å²) in [6.07, 6.45) is 1.53. The van der Waals surface area contributed by atoms with Crippen LogP contribution in [0.15, 0.2) is 30.5 Å². The van der Waals surface area contributed by atoms with Crippen molar-refractivity contribution in [2.75, 3.05) is 12.8 Å². The van der Waals surface area contributed by atoms with Gasteiger partial charge >= 0.3 is 5.97 Å². The normalized spacial score (nSPS) is 11.9. The Morgan fingerprint density at radius 3 is 2.80 bits per heavy atom. The molecule has 0 fully saturated rings. The number of nitrogens with one attached hydrogen (secondary N) is 1. The monoisotopic (exact) mass is 273 g/mol. The summed E-state index contributed by atoms with van der Waals surface area (Å²) < 4.78 is 4.56. The zero-order chi connectivity index (χ0) is 14.7. The van der Waals surface area contributed by atoms with E-state index in [9.17, 15) is 9.59 Å². The van der Waals surface area contributed by atoms with Gasteiger partial charge in [-0.15, -0.1) is 0 Å². The molecule has 0 bridgehead atoms. The van der Waals surface area contributed by atoms with Gasteiger partial charge in [-0.2, -0.15) is 0 Å². The number of pyridine rings is 1. The molecule has 0 aliphatic carbocycles. The number of esters is 1. The van der Waals surface area contributed by atoms with Crippen molar-refractivity contribution in [3.05, 3.63) is 36.2 Å². The number of ether oxygens (including phenoxy) is 1. The molecule has 2 aromatic rings. The highest BCUT2D eigenvalue weighted by Crippen LogP contribution is 2.23. The Bertz CT molecular complexity index is 665. The van der Waals surface area contributed by atoms with E-state index in [-0.39, 0.29) is 5.69 Å². The van der Waals surface area contributed by atoms with Crippen LogP contribution in [-0.2, 0) is 9.53 Å². The Kier molecular flexibility index (Phi) is 3.84. The number of nitrogens with zero attached hydrogens (tertiary/aromatic N) is 1. The summed E-state index contributed by atoms with van der Waals surface area (Å²) in [6.45, 7) is 1.54. The third-order valence-electron chi connectivity index (χ3n) is 2.94. The number of hydrogen-bond donors (Lipinski definition) is 2. The molecule has 0 saturated carbocycles. The van der Waals surface area contributed by atoms with E-state index in [1.165, 1.54) is 20.2 Å². The molecule has 1 amide bonds. The Labute approximate surface area is 115 Å². The zero-order valence-electron chi connectivity index (χ0n) is 11.2. The first-order chi connectivity index (χ1) is 9.54. The molecule has 0 saturated heterocycles. The van der Waals surface area contributed by atoms with Crippen molar-refractivity contribution in [3.63, 3.8) is 0 Å². The molecule has 3 N–H and O–H groups in total. The summed E-state index contributed by atoms with van der Waals surface area (Å²) in [6, 6.07) is 6.36. The number of fused-ring (bicyclic) bond motifs is 1. The molecule has 6 nitrogen and oxygen atoms in total.